The number of unbranched alkanes of at least 4 members (excludes halogenated alkanes) is 1. The predicted octanol–water partition coefficient (Wildman–Crippen LogP) is 0.151. The third-order valence-electron chi connectivity index (χ3n) is 3.08. The molecule has 1 heterocycles. The summed E-state index contributed by atoms with van der Waals surface area (Å²) in [4.78, 5) is 13.6. The van der Waals surface area contributed by atoms with E-state index in [2.05, 4.69) is 6.92 Å². The van der Waals surface area contributed by atoms with Crippen molar-refractivity contribution in [2.45, 2.75) is 38.6 Å². The second-order valence-corrected chi connectivity index (χ2v) is 6.76. The fourth-order valence-electron chi connectivity index (χ4n) is 2.13. The molecule has 1 aliphatic heterocycles. The zero-order valence-electron chi connectivity index (χ0n) is 10.4. The fraction of sp³-hybridized carbons (Fsp3) is 0.909. The average molecular weight is 262 g/mol. The average Bonchev–Trinajstić information content (AvgIpc) is 2.60. The van der Waals surface area contributed by atoms with Crippen molar-refractivity contribution in [2.24, 2.45) is 5.73 Å². The summed E-state index contributed by atoms with van der Waals surface area (Å²) < 4.78 is 22.9. The molecule has 5 nitrogen and oxygen atoms in total. The van der Waals surface area contributed by atoms with Gasteiger partial charge in [0.25, 0.3) is 0 Å². The Morgan fingerprint density at radius 1 is 1.47 bits per heavy atom. The summed E-state index contributed by atoms with van der Waals surface area (Å²) in [6, 6.07) is -0.134. The molecule has 1 fully saturated rings. The minimum Gasteiger partial charge on any atom is -0.339 e. The van der Waals surface area contributed by atoms with Crippen LogP contribution in [0.15, 0.2) is 0 Å². The van der Waals surface area contributed by atoms with E-state index in [1.165, 1.54) is 0 Å². The van der Waals surface area contributed by atoms with Crippen molar-refractivity contribution in [3.8, 4) is 0 Å². The van der Waals surface area contributed by atoms with Gasteiger partial charge in [-0.3, -0.25) is 4.79 Å². The highest BCUT2D eigenvalue weighted by molar-refractivity contribution is 7.91. The maximum absolute atomic E-state index is 11.9. The first kappa shape index (κ1) is 14.4. The molecule has 0 aromatic heterocycles. The van der Waals surface area contributed by atoms with E-state index in [0.29, 0.717) is 25.9 Å². The molecule has 0 saturated carbocycles. The quantitative estimate of drug-likeness (QED) is 0.739. The molecule has 0 aromatic carbocycles. The summed E-state index contributed by atoms with van der Waals surface area (Å²) in [5, 5.41) is 0. The first-order valence-electron chi connectivity index (χ1n) is 6.20. The van der Waals surface area contributed by atoms with E-state index in [4.69, 9.17) is 5.73 Å². The van der Waals surface area contributed by atoms with Crippen LogP contribution in [0.2, 0.25) is 0 Å². The van der Waals surface area contributed by atoms with Gasteiger partial charge in [-0.2, -0.15) is 0 Å². The van der Waals surface area contributed by atoms with Gasteiger partial charge in [-0.05, 0) is 12.8 Å². The third kappa shape index (κ3) is 4.27. The number of hydrogen-bond acceptors (Lipinski definition) is 4. The van der Waals surface area contributed by atoms with Gasteiger partial charge in [0.05, 0.1) is 11.5 Å². The van der Waals surface area contributed by atoms with Crippen LogP contribution in [0.4, 0.5) is 0 Å². The van der Waals surface area contributed by atoms with Crippen LogP contribution in [-0.2, 0) is 14.6 Å². The van der Waals surface area contributed by atoms with Crippen LogP contribution >= 0.6 is 0 Å². The van der Waals surface area contributed by atoms with Gasteiger partial charge < -0.3 is 10.6 Å². The van der Waals surface area contributed by atoms with Crippen molar-refractivity contribution in [1.82, 2.24) is 4.90 Å². The lowest BCUT2D eigenvalue weighted by atomic mass is 10.2. The number of hydrogen-bond donors (Lipinski definition) is 1. The monoisotopic (exact) mass is 262 g/mol. The number of rotatable bonds is 6. The van der Waals surface area contributed by atoms with Crippen molar-refractivity contribution in [3.05, 3.63) is 0 Å². The van der Waals surface area contributed by atoms with Crippen LogP contribution in [-0.4, -0.2) is 49.9 Å². The van der Waals surface area contributed by atoms with Gasteiger partial charge >= 0.3 is 0 Å². The van der Waals surface area contributed by atoms with E-state index in [0.717, 1.165) is 12.8 Å². The van der Waals surface area contributed by atoms with Crippen molar-refractivity contribution in [2.75, 3.05) is 24.6 Å². The molecule has 17 heavy (non-hydrogen) atoms. The van der Waals surface area contributed by atoms with Crippen LogP contribution < -0.4 is 5.73 Å². The van der Waals surface area contributed by atoms with E-state index in [1.807, 2.05) is 0 Å². The van der Waals surface area contributed by atoms with Gasteiger partial charge in [-0.15, -0.1) is 0 Å². The summed E-state index contributed by atoms with van der Waals surface area (Å²) in [5.74, 6) is 0.312. The number of carbonyl (C=O) groups excluding carboxylic acids is 1. The molecular weight excluding hydrogens is 240 g/mol. The molecule has 0 bridgehead atoms. The molecule has 1 unspecified atom stereocenters. The highest BCUT2D eigenvalue weighted by Gasteiger charge is 2.33. The Kier molecular flexibility index (Phi) is 5.39. The van der Waals surface area contributed by atoms with Crippen LogP contribution in [0.3, 0.4) is 0 Å². The van der Waals surface area contributed by atoms with E-state index in [9.17, 15) is 13.2 Å². The molecule has 1 aliphatic rings. The smallest absolute Gasteiger partial charge is 0.224 e. The van der Waals surface area contributed by atoms with Crippen molar-refractivity contribution in [3.63, 3.8) is 0 Å². The molecule has 0 aliphatic carbocycles. The molecule has 2 N–H and O–H groups in total. The standard InChI is InChI=1S/C11H22N2O3S/c1-2-3-7-13(11(14)4-6-12)10-5-8-17(15,16)9-10/h10H,2-9,12H2,1H3. The van der Waals surface area contributed by atoms with Crippen molar-refractivity contribution in [1.29, 1.82) is 0 Å². The minimum atomic E-state index is -2.94. The third-order valence-corrected chi connectivity index (χ3v) is 4.83. The van der Waals surface area contributed by atoms with Gasteiger partial charge in [0.15, 0.2) is 9.84 Å². The zero-order chi connectivity index (χ0) is 12.9. The van der Waals surface area contributed by atoms with Crippen LogP contribution in [0.5, 0.6) is 0 Å². The van der Waals surface area contributed by atoms with Gasteiger partial charge in [-0.25, -0.2) is 8.42 Å². The summed E-state index contributed by atoms with van der Waals surface area (Å²) in [6.07, 6.45) is 2.78. The summed E-state index contributed by atoms with van der Waals surface area (Å²) in [6.45, 7) is 3.02. The van der Waals surface area contributed by atoms with E-state index in [-0.39, 0.29) is 23.5 Å². The Morgan fingerprint density at radius 2 is 2.18 bits per heavy atom. The second kappa shape index (κ2) is 6.35. The van der Waals surface area contributed by atoms with Gasteiger partial charge in [0, 0.05) is 25.6 Å². The molecule has 1 saturated heterocycles. The lowest BCUT2D eigenvalue weighted by molar-refractivity contribution is -0.132. The number of carbonyl (C=O) groups is 1. The molecule has 6 heteroatoms. The summed E-state index contributed by atoms with van der Waals surface area (Å²) >= 11 is 0. The SMILES string of the molecule is CCCCN(C(=O)CCN)C1CCS(=O)(=O)C1. The van der Waals surface area contributed by atoms with E-state index >= 15 is 0 Å². The lowest BCUT2D eigenvalue weighted by Gasteiger charge is -2.28. The molecule has 0 radical (unpaired) electrons. The number of amides is 1. The first-order valence-corrected chi connectivity index (χ1v) is 8.02. The zero-order valence-corrected chi connectivity index (χ0v) is 11.2. The first-order chi connectivity index (χ1) is 8.00. The summed E-state index contributed by atoms with van der Waals surface area (Å²) in [7, 11) is -2.94. The molecule has 0 spiro atoms. The number of nitrogens with two attached hydrogens (primary N) is 1. The Balaban J connectivity index is 2.66. The fourth-order valence-corrected chi connectivity index (χ4v) is 3.86. The molecule has 1 amide bonds. The van der Waals surface area contributed by atoms with Gasteiger partial charge in [-0.1, -0.05) is 13.3 Å². The Morgan fingerprint density at radius 3 is 2.65 bits per heavy atom. The van der Waals surface area contributed by atoms with E-state index in [1.54, 1.807) is 4.90 Å². The minimum absolute atomic E-state index is 0.0111. The Hall–Kier alpha value is -0.620. The van der Waals surface area contributed by atoms with Gasteiger partial charge in [0.2, 0.25) is 5.91 Å². The number of sulfone groups is 1. The second-order valence-electron chi connectivity index (χ2n) is 4.54. The Bertz CT molecular complexity index is 354. The molecule has 1 atom stereocenters. The maximum Gasteiger partial charge on any atom is 0.224 e. The van der Waals surface area contributed by atoms with Crippen LogP contribution in [0.25, 0.3) is 0 Å². The Labute approximate surface area is 103 Å². The topological polar surface area (TPSA) is 80.5 Å². The normalized spacial score (nSPS) is 22.6. The largest absolute Gasteiger partial charge is 0.339 e. The summed E-state index contributed by atoms with van der Waals surface area (Å²) in [5.41, 5.74) is 5.38. The number of nitrogens with zero attached hydrogens (tertiary/aromatic N) is 1. The molecule has 100 valence electrons. The molecular formula is C11H22N2O3S. The predicted molar refractivity (Wildman–Crippen MR) is 67.4 cm³/mol. The van der Waals surface area contributed by atoms with E-state index < -0.39 is 9.84 Å². The van der Waals surface area contributed by atoms with Crippen molar-refractivity contribution < 1.29 is 13.2 Å². The highest BCUT2D eigenvalue weighted by atomic mass is 32.2. The highest BCUT2D eigenvalue weighted by Crippen LogP contribution is 2.19. The molecule has 0 aromatic rings. The van der Waals surface area contributed by atoms with Crippen molar-refractivity contribution >= 4 is 15.7 Å². The van der Waals surface area contributed by atoms with Gasteiger partial charge in [0.1, 0.15) is 0 Å². The lowest BCUT2D eigenvalue weighted by Crippen LogP contribution is -2.42. The van der Waals surface area contributed by atoms with Crippen LogP contribution in [0, 0.1) is 0 Å². The maximum atomic E-state index is 11.9. The van der Waals surface area contributed by atoms with Crippen LogP contribution in [0.1, 0.15) is 32.6 Å². The molecule has 1 rings (SSSR count).